The van der Waals surface area contributed by atoms with E-state index in [1.165, 1.54) is 12.2 Å². The number of rotatable bonds is 0. The highest BCUT2D eigenvalue weighted by Gasteiger charge is 2.06. The van der Waals surface area contributed by atoms with Crippen LogP contribution in [0.3, 0.4) is 0 Å². The molecular formula is C16H13N7O2. The lowest BCUT2D eigenvalue weighted by Gasteiger charge is -1.80. The van der Waals surface area contributed by atoms with Crippen molar-refractivity contribution >= 4 is 33.9 Å². The third-order valence-electron chi connectivity index (χ3n) is 3.10. The summed E-state index contributed by atoms with van der Waals surface area (Å²) in [5.41, 5.74) is 3.80. The minimum absolute atomic E-state index is 0.329. The first-order chi connectivity index (χ1) is 12.2. The van der Waals surface area contributed by atoms with Gasteiger partial charge in [0.15, 0.2) is 0 Å². The number of imide groups is 1. The summed E-state index contributed by atoms with van der Waals surface area (Å²) >= 11 is 0. The largest absolute Gasteiger partial charge is 0.289 e. The summed E-state index contributed by atoms with van der Waals surface area (Å²) in [5, 5.41) is 22.4. The van der Waals surface area contributed by atoms with Gasteiger partial charge in [0.05, 0.1) is 11.0 Å². The highest BCUT2D eigenvalue weighted by molar-refractivity contribution is 6.12. The van der Waals surface area contributed by atoms with Gasteiger partial charge in [-0.3, -0.25) is 25.1 Å². The van der Waals surface area contributed by atoms with Crippen molar-refractivity contribution in [3.05, 3.63) is 60.7 Å². The fourth-order valence-corrected chi connectivity index (χ4v) is 1.93. The molecule has 3 heterocycles. The number of amides is 2. The van der Waals surface area contributed by atoms with Crippen molar-refractivity contribution in [2.75, 3.05) is 0 Å². The smallest absolute Gasteiger partial charge is 0.250 e. The number of nitrogens with zero attached hydrogens (tertiary/aromatic N) is 4. The Labute approximate surface area is 141 Å². The van der Waals surface area contributed by atoms with Crippen molar-refractivity contribution in [3.8, 4) is 0 Å². The van der Waals surface area contributed by atoms with Gasteiger partial charge in [0.25, 0.3) is 11.8 Å². The topological polar surface area (TPSA) is 129 Å². The summed E-state index contributed by atoms with van der Waals surface area (Å²) < 4.78 is 0. The molecule has 0 spiro atoms. The van der Waals surface area contributed by atoms with Gasteiger partial charge >= 0.3 is 0 Å². The Bertz CT molecular complexity index is 893. The first-order valence-corrected chi connectivity index (χ1v) is 7.27. The van der Waals surface area contributed by atoms with E-state index in [9.17, 15) is 9.59 Å². The second-order valence-electron chi connectivity index (χ2n) is 4.84. The number of aromatic amines is 2. The normalized spacial score (nSPS) is 12.3. The fraction of sp³-hybridized carbons (Fsp3) is 0. The molecule has 0 saturated heterocycles. The molecule has 9 heteroatoms. The lowest BCUT2D eigenvalue weighted by molar-refractivity contribution is -0.123. The molecule has 0 bridgehead atoms. The first-order valence-electron chi connectivity index (χ1n) is 7.27. The predicted molar refractivity (Wildman–Crippen MR) is 90.1 cm³/mol. The maximum absolute atomic E-state index is 10.0. The van der Waals surface area contributed by atoms with Gasteiger partial charge in [-0.1, -0.05) is 34.7 Å². The fourth-order valence-electron chi connectivity index (χ4n) is 1.93. The Balaban J connectivity index is 0.000000111. The monoisotopic (exact) mass is 335 g/mol. The summed E-state index contributed by atoms with van der Waals surface area (Å²) in [5.74, 6) is -0.657. The Morgan fingerprint density at radius 2 is 1.08 bits per heavy atom. The summed E-state index contributed by atoms with van der Waals surface area (Å²) in [7, 11) is 0. The van der Waals surface area contributed by atoms with Crippen LogP contribution in [0.4, 0.5) is 0 Å². The molecule has 2 aromatic carbocycles. The summed E-state index contributed by atoms with van der Waals surface area (Å²) in [6.07, 6.45) is 2.39. The number of carbonyl (C=O) groups is 2. The minimum Gasteiger partial charge on any atom is -0.289 e. The lowest BCUT2D eigenvalue weighted by atomic mass is 10.3. The lowest BCUT2D eigenvalue weighted by Crippen LogP contribution is -2.19. The van der Waals surface area contributed by atoms with E-state index in [4.69, 9.17) is 0 Å². The highest BCUT2D eigenvalue weighted by atomic mass is 16.2. The molecule has 0 atom stereocenters. The van der Waals surface area contributed by atoms with Crippen LogP contribution in [0.2, 0.25) is 0 Å². The average Bonchev–Trinajstić information content (AvgIpc) is 3.36. The Kier molecular flexibility index (Phi) is 4.86. The summed E-state index contributed by atoms with van der Waals surface area (Å²) in [6.45, 7) is 0. The third kappa shape index (κ3) is 4.32. The number of hydrogen-bond donors (Lipinski definition) is 3. The van der Waals surface area contributed by atoms with Crippen LogP contribution in [0.15, 0.2) is 60.7 Å². The number of fused-ring (bicyclic) bond motifs is 2. The van der Waals surface area contributed by atoms with Crippen molar-refractivity contribution in [2.24, 2.45) is 0 Å². The molecule has 0 radical (unpaired) electrons. The van der Waals surface area contributed by atoms with Gasteiger partial charge in [0.2, 0.25) is 0 Å². The molecule has 0 aliphatic carbocycles. The SMILES string of the molecule is O=C1C=CC(=O)N1.c1ccc2[nH]nnc2c1.c1ccc2[nH]nnc2c1. The van der Waals surface area contributed by atoms with E-state index < -0.39 is 0 Å². The van der Waals surface area contributed by atoms with Crippen LogP contribution in [0.5, 0.6) is 0 Å². The van der Waals surface area contributed by atoms with Crippen LogP contribution in [0.25, 0.3) is 22.1 Å². The van der Waals surface area contributed by atoms with E-state index in [1.807, 2.05) is 53.8 Å². The van der Waals surface area contributed by atoms with Crippen molar-refractivity contribution in [2.45, 2.75) is 0 Å². The number of carbonyl (C=O) groups excluding carboxylic acids is 2. The van der Waals surface area contributed by atoms with Gasteiger partial charge in [-0.05, 0) is 24.3 Å². The van der Waals surface area contributed by atoms with E-state index >= 15 is 0 Å². The second-order valence-corrected chi connectivity index (χ2v) is 4.84. The number of benzene rings is 2. The number of aromatic nitrogens is 6. The van der Waals surface area contributed by atoms with E-state index in [0.717, 1.165) is 22.1 Å². The number of hydrogen-bond acceptors (Lipinski definition) is 6. The zero-order valence-electron chi connectivity index (χ0n) is 12.9. The Hall–Kier alpha value is -3.88. The van der Waals surface area contributed by atoms with Gasteiger partial charge < -0.3 is 0 Å². The van der Waals surface area contributed by atoms with Crippen LogP contribution in [0.1, 0.15) is 0 Å². The Morgan fingerprint density at radius 3 is 1.44 bits per heavy atom. The molecular weight excluding hydrogens is 322 g/mol. The van der Waals surface area contributed by atoms with Crippen LogP contribution >= 0.6 is 0 Å². The van der Waals surface area contributed by atoms with Gasteiger partial charge in [-0.15, -0.1) is 10.2 Å². The molecule has 1 aliphatic heterocycles. The molecule has 1 aliphatic rings. The van der Waals surface area contributed by atoms with Gasteiger partial charge in [-0.2, -0.15) is 0 Å². The van der Waals surface area contributed by atoms with Gasteiger partial charge in [-0.25, -0.2) is 0 Å². The molecule has 0 unspecified atom stereocenters. The molecule has 124 valence electrons. The van der Waals surface area contributed by atoms with Gasteiger partial charge in [0, 0.05) is 12.2 Å². The van der Waals surface area contributed by atoms with E-state index in [0.29, 0.717) is 0 Å². The standard InChI is InChI=1S/2C6H5N3.C4H3NO2/c2*1-2-4-6-5(3-1)7-9-8-6;6-3-1-2-4(7)5-3/h2*1-4H,(H,7,8,9);1-2H,(H,5,6,7). The molecule has 25 heavy (non-hydrogen) atoms. The van der Waals surface area contributed by atoms with E-state index in [2.05, 4.69) is 30.8 Å². The maximum Gasteiger partial charge on any atom is 0.250 e. The zero-order valence-corrected chi connectivity index (χ0v) is 12.9. The van der Waals surface area contributed by atoms with Crippen molar-refractivity contribution < 1.29 is 9.59 Å². The van der Waals surface area contributed by atoms with Crippen LogP contribution < -0.4 is 5.32 Å². The van der Waals surface area contributed by atoms with Crippen molar-refractivity contribution in [1.82, 2.24) is 36.1 Å². The quantitative estimate of drug-likeness (QED) is 0.413. The number of nitrogens with one attached hydrogen (secondary N) is 3. The zero-order chi connectivity index (χ0) is 17.5. The maximum atomic E-state index is 10.0. The van der Waals surface area contributed by atoms with Crippen molar-refractivity contribution in [1.29, 1.82) is 0 Å². The van der Waals surface area contributed by atoms with Gasteiger partial charge in [0.1, 0.15) is 11.0 Å². The third-order valence-corrected chi connectivity index (χ3v) is 3.10. The van der Waals surface area contributed by atoms with E-state index in [-0.39, 0.29) is 11.8 Å². The molecule has 5 rings (SSSR count). The molecule has 0 saturated carbocycles. The molecule has 2 amide bonds. The Morgan fingerprint density at radius 1 is 0.640 bits per heavy atom. The first kappa shape index (κ1) is 16.0. The summed E-state index contributed by atoms with van der Waals surface area (Å²) in [6, 6.07) is 15.5. The number of para-hydroxylation sites is 2. The van der Waals surface area contributed by atoms with E-state index in [1.54, 1.807) is 0 Å². The average molecular weight is 335 g/mol. The molecule has 3 N–H and O–H groups in total. The molecule has 4 aromatic rings. The summed E-state index contributed by atoms with van der Waals surface area (Å²) in [4.78, 5) is 20.1. The van der Waals surface area contributed by atoms with Crippen LogP contribution in [-0.2, 0) is 9.59 Å². The van der Waals surface area contributed by atoms with Crippen LogP contribution in [0, 0.1) is 0 Å². The predicted octanol–water partition coefficient (Wildman–Crippen LogP) is 1.11. The van der Waals surface area contributed by atoms with Crippen molar-refractivity contribution in [3.63, 3.8) is 0 Å². The molecule has 2 aromatic heterocycles. The molecule has 0 fully saturated rings. The van der Waals surface area contributed by atoms with Crippen LogP contribution in [-0.4, -0.2) is 42.6 Å². The highest BCUT2D eigenvalue weighted by Crippen LogP contribution is 2.04. The second kappa shape index (κ2) is 7.59. The number of H-pyrrole nitrogens is 2. The minimum atomic E-state index is -0.329. The molecule has 9 nitrogen and oxygen atoms in total.